The molecule has 2 heterocycles. The number of piperazine rings is 1. The van der Waals surface area contributed by atoms with Gasteiger partial charge in [-0.15, -0.1) is 11.8 Å². The average molecular weight is 388 g/mol. The van der Waals surface area contributed by atoms with E-state index in [1.165, 1.54) is 23.9 Å². The van der Waals surface area contributed by atoms with Crippen molar-refractivity contribution in [1.82, 2.24) is 14.8 Å². The number of halogens is 1. The quantitative estimate of drug-likeness (QED) is 0.768. The summed E-state index contributed by atoms with van der Waals surface area (Å²) in [5, 5.41) is 2.69. The second-order valence-electron chi connectivity index (χ2n) is 6.19. The minimum absolute atomic E-state index is 0.0978. The van der Waals surface area contributed by atoms with Gasteiger partial charge in [0.2, 0.25) is 11.8 Å². The molecule has 1 fully saturated rings. The third-order valence-corrected chi connectivity index (χ3v) is 5.21. The Morgan fingerprint density at radius 2 is 1.85 bits per heavy atom. The van der Waals surface area contributed by atoms with Crippen molar-refractivity contribution in [2.45, 2.75) is 4.90 Å². The van der Waals surface area contributed by atoms with E-state index in [2.05, 4.69) is 10.3 Å². The first-order chi connectivity index (χ1) is 13.1. The van der Waals surface area contributed by atoms with E-state index in [-0.39, 0.29) is 24.2 Å². The summed E-state index contributed by atoms with van der Waals surface area (Å²) in [4.78, 5) is 33.2. The van der Waals surface area contributed by atoms with Gasteiger partial charge in [-0.3, -0.25) is 19.5 Å². The second-order valence-corrected chi connectivity index (χ2v) is 7.24. The third-order valence-electron chi connectivity index (χ3n) is 4.21. The predicted octanol–water partition coefficient (Wildman–Crippen LogP) is 2.10. The Bertz CT molecular complexity index is 782. The number of pyridine rings is 1. The number of hydrogen-bond acceptors (Lipinski definition) is 5. The number of nitrogens with one attached hydrogen (secondary N) is 1. The number of thioether (sulfide) groups is 1. The third kappa shape index (κ3) is 6.04. The maximum Gasteiger partial charge on any atom is 0.238 e. The normalized spacial score (nSPS) is 14.8. The summed E-state index contributed by atoms with van der Waals surface area (Å²) in [6.45, 7) is 2.71. The molecule has 0 spiro atoms. The van der Waals surface area contributed by atoms with Gasteiger partial charge in [-0.25, -0.2) is 4.39 Å². The Kier molecular flexibility index (Phi) is 6.78. The highest BCUT2D eigenvalue weighted by Gasteiger charge is 2.22. The van der Waals surface area contributed by atoms with E-state index < -0.39 is 0 Å². The molecule has 8 heteroatoms. The molecule has 142 valence electrons. The largest absolute Gasteiger partial charge is 0.339 e. The van der Waals surface area contributed by atoms with Crippen molar-refractivity contribution in [3.63, 3.8) is 0 Å². The predicted molar refractivity (Wildman–Crippen MR) is 103 cm³/mol. The summed E-state index contributed by atoms with van der Waals surface area (Å²) in [5.74, 6) is -0.0804. The van der Waals surface area contributed by atoms with Gasteiger partial charge in [-0.1, -0.05) is 6.07 Å². The number of amides is 2. The smallest absolute Gasteiger partial charge is 0.238 e. The summed E-state index contributed by atoms with van der Waals surface area (Å²) >= 11 is 1.50. The van der Waals surface area contributed by atoms with E-state index in [0.29, 0.717) is 37.6 Å². The molecule has 1 aliphatic rings. The van der Waals surface area contributed by atoms with Crippen LogP contribution in [-0.4, -0.2) is 65.1 Å². The van der Waals surface area contributed by atoms with Gasteiger partial charge in [-0.05, 0) is 30.3 Å². The molecule has 0 unspecified atom stereocenters. The topological polar surface area (TPSA) is 65.5 Å². The van der Waals surface area contributed by atoms with E-state index in [1.54, 1.807) is 24.5 Å². The Morgan fingerprint density at radius 3 is 2.56 bits per heavy atom. The highest BCUT2D eigenvalue weighted by Crippen LogP contribution is 2.17. The highest BCUT2D eigenvalue weighted by atomic mass is 32.2. The van der Waals surface area contributed by atoms with Crippen LogP contribution in [0.1, 0.15) is 0 Å². The van der Waals surface area contributed by atoms with Crippen LogP contribution in [0.15, 0.2) is 53.7 Å². The van der Waals surface area contributed by atoms with Gasteiger partial charge in [0.25, 0.3) is 0 Å². The van der Waals surface area contributed by atoms with Crippen molar-refractivity contribution in [3.8, 4) is 0 Å². The molecule has 1 saturated heterocycles. The maximum atomic E-state index is 13.2. The molecule has 0 radical (unpaired) electrons. The van der Waals surface area contributed by atoms with Gasteiger partial charge < -0.3 is 10.2 Å². The van der Waals surface area contributed by atoms with E-state index in [0.717, 1.165) is 4.90 Å². The monoisotopic (exact) mass is 388 g/mol. The standard InChI is InChI=1S/C19H21FN4O2S/c20-15-2-1-3-16(12-15)22-18(25)13-23-8-10-24(11-9-23)19(26)14-27-17-4-6-21-7-5-17/h1-7,12H,8-11,13-14H2,(H,22,25). The maximum absolute atomic E-state index is 13.2. The first-order valence-electron chi connectivity index (χ1n) is 8.68. The SMILES string of the molecule is O=C(CN1CCN(C(=O)CSc2ccncc2)CC1)Nc1cccc(F)c1. The van der Waals surface area contributed by atoms with Crippen LogP contribution in [0.5, 0.6) is 0 Å². The fraction of sp³-hybridized carbons (Fsp3) is 0.316. The molecule has 0 atom stereocenters. The fourth-order valence-corrected chi connectivity index (χ4v) is 3.58. The lowest BCUT2D eigenvalue weighted by Gasteiger charge is -2.34. The lowest BCUT2D eigenvalue weighted by Crippen LogP contribution is -2.50. The minimum Gasteiger partial charge on any atom is -0.339 e. The molecule has 1 aromatic carbocycles. The number of aromatic nitrogens is 1. The van der Waals surface area contributed by atoms with E-state index in [4.69, 9.17) is 0 Å². The average Bonchev–Trinajstić information content (AvgIpc) is 2.67. The van der Waals surface area contributed by atoms with E-state index >= 15 is 0 Å². The van der Waals surface area contributed by atoms with Crippen LogP contribution in [0.3, 0.4) is 0 Å². The summed E-state index contributed by atoms with van der Waals surface area (Å²) in [7, 11) is 0. The molecule has 3 rings (SSSR count). The van der Waals surface area contributed by atoms with Crippen LogP contribution < -0.4 is 5.32 Å². The zero-order chi connectivity index (χ0) is 19.1. The highest BCUT2D eigenvalue weighted by molar-refractivity contribution is 8.00. The first kappa shape index (κ1) is 19.3. The molecule has 2 aromatic rings. The lowest BCUT2D eigenvalue weighted by atomic mass is 10.3. The zero-order valence-corrected chi connectivity index (χ0v) is 15.6. The molecule has 0 aliphatic carbocycles. The molecule has 1 N–H and O–H groups in total. The van der Waals surface area contributed by atoms with Crippen LogP contribution in [0, 0.1) is 5.82 Å². The zero-order valence-electron chi connectivity index (χ0n) is 14.8. The van der Waals surface area contributed by atoms with Crippen molar-refractivity contribution in [3.05, 3.63) is 54.6 Å². The number of hydrogen-bond donors (Lipinski definition) is 1. The van der Waals surface area contributed by atoms with Crippen molar-refractivity contribution >= 4 is 29.3 Å². The molecular formula is C19H21FN4O2S. The number of rotatable bonds is 6. The van der Waals surface area contributed by atoms with Crippen LogP contribution >= 0.6 is 11.8 Å². The molecule has 6 nitrogen and oxygen atoms in total. The number of nitrogens with zero attached hydrogens (tertiary/aromatic N) is 3. The van der Waals surface area contributed by atoms with E-state index in [9.17, 15) is 14.0 Å². The van der Waals surface area contributed by atoms with Gasteiger partial charge in [0.1, 0.15) is 5.82 Å². The Morgan fingerprint density at radius 1 is 1.11 bits per heavy atom. The van der Waals surface area contributed by atoms with Gasteiger partial charge in [0.05, 0.1) is 12.3 Å². The summed E-state index contributed by atoms with van der Waals surface area (Å²) < 4.78 is 13.2. The molecule has 1 aromatic heterocycles. The summed E-state index contributed by atoms with van der Waals surface area (Å²) in [5.41, 5.74) is 0.446. The molecule has 0 saturated carbocycles. The minimum atomic E-state index is -0.385. The number of anilines is 1. The summed E-state index contributed by atoms with van der Waals surface area (Å²) in [6.07, 6.45) is 3.42. The van der Waals surface area contributed by atoms with Crippen molar-refractivity contribution in [2.24, 2.45) is 0 Å². The van der Waals surface area contributed by atoms with Gasteiger partial charge in [0, 0.05) is 49.2 Å². The van der Waals surface area contributed by atoms with Crippen molar-refractivity contribution in [2.75, 3.05) is 43.8 Å². The van der Waals surface area contributed by atoms with Crippen LogP contribution in [0.2, 0.25) is 0 Å². The van der Waals surface area contributed by atoms with Crippen LogP contribution in [0.25, 0.3) is 0 Å². The second kappa shape index (κ2) is 9.48. The lowest BCUT2D eigenvalue weighted by molar-refractivity contribution is -0.130. The molecule has 0 bridgehead atoms. The van der Waals surface area contributed by atoms with Gasteiger partial charge >= 0.3 is 0 Å². The molecule has 27 heavy (non-hydrogen) atoms. The molecule has 1 aliphatic heterocycles. The summed E-state index contributed by atoms with van der Waals surface area (Å²) in [6, 6.07) is 9.59. The van der Waals surface area contributed by atoms with Gasteiger partial charge in [-0.2, -0.15) is 0 Å². The van der Waals surface area contributed by atoms with Gasteiger partial charge in [0.15, 0.2) is 0 Å². The Hall–Kier alpha value is -2.45. The van der Waals surface area contributed by atoms with E-state index in [1.807, 2.05) is 21.9 Å². The Balaban J connectivity index is 1.39. The number of benzene rings is 1. The van der Waals surface area contributed by atoms with Crippen molar-refractivity contribution < 1.29 is 14.0 Å². The molecule has 2 amide bonds. The number of carbonyl (C=O) groups excluding carboxylic acids is 2. The number of carbonyl (C=O) groups is 2. The fourth-order valence-electron chi connectivity index (χ4n) is 2.80. The molecular weight excluding hydrogens is 367 g/mol. The first-order valence-corrected chi connectivity index (χ1v) is 9.67. The Labute approximate surface area is 161 Å². The van der Waals surface area contributed by atoms with Crippen LogP contribution in [-0.2, 0) is 9.59 Å². The van der Waals surface area contributed by atoms with Crippen molar-refractivity contribution in [1.29, 1.82) is 0 Å². The van der Waals surface area contributed by atoms with Crippen LogP contribution in [0.4, 0.5) is 10.1 Å².